The van der Waals surface area contributed by atoms with Crippen LogP contribution >= 0.6 is 0 Å². The van der Waals surface area contributed by atoms with Crippen LogP contribution in [0.3, 0.4) is 0 Å². The predicted molar refractivity (Wildman–Crippen MR) is 82.7 cm³/mol. The fourth-order valence-corrected chi connectivity index (χ4v) is 2.71. The van der Waals surface area contributed by atoms with Gasteiger partial charge in [0, 0.05) is 23.1 Å². The maximum absolute atomic E-state index is 13.4. The van der Waals surface area contributed by atoms with E-state index in [0.717, 1.165) is 29.9 Å². The van der Waals surface area contributed by atoms with Crippen LogP contribution in [0.2, 0.25) is 0 Å². The molecule has 1 fully saturated rings. The van der Waals surface area contributed by atoms with Crippen molar-refractivity contribution < 1.29 is 4.39 Å². The summed E-state index contributed by atoms with van der Waals surface area (Å²) in [5.41, 5.74) is 1.71. The summed E-state index contributed by atoms with van der Waals surface area (Å²) >= 11 is 0. The summed E-state index contributed by atoms with van der Waals surface area (Å²) in [6.07, 6.45) is 3.55. The van der Waals surface area contributed by atoms with E-state index in [0.29, 0.717) is 22.9 Å². The molecule has 0 atom stereocenters. The third kappa shape index (κ3) is 2.30. The lowest BCUT2D eigenvalue weighted by Gasteiger charge is -2.24. The number of nitrogens with zero attached hydrogens (tertiary/aromatic N) is 3. The molecule has 22 heavy (non-hydrogen) atoms. The molecule has 2 heterocycles. The van der Waals surface area contributed by atoms with Crippen LogP contribution in [0.15, 0.2) is 24.3 Å². The smallest absolute Gasteiger partial charge is 0.161 e. The number of rotatable bonds is 3. The number of aryl methyl sites for hydroxylation is 1. The molecule has 1 aliphatic rings. The average molecular weight is 297 g/mol. The predicted octanol–water partition coefficient (Wildman–Crippen LogP) is 3.81. The summed E-state index contributed by atoms with van der Waals surface area (Å²) in [5.74, 6) is 2.35. The second-order valence-corrected chi connectivity index (χ2v) is 5.77. The fourth-order valence-electron chi connectivity index (χ4n) is 2.71. The molecule has 4 rings (SSSR count). The van der Waals surface area contributed by atoms with E-state index in [1.807, 2.05) is 13.0 Å². The molecule has 2 N–H and O–H groups in total. The second-order valence-electron chi connectivity index (χ2n) is 5.77. The highest BCUT2D eigenvalue weighted by Crippen LogP contribution is 2.35. The van der Waals surface area contributed by atoms with Crippen molar-refractivity contribution >= 4 is 22.5 Å². The van der Waals surface area contributed by atoms with Gasteiger partial charge in [-0.15, -0.1) is 0 Å². The summed E-state index contributed by atoms with van der Waals surface area (Å²) < 4.78 is 13.4. The van der Waals surface area contributed by atoms with Crippen LogP contribution in [0.25, 0.3) is 10.9 Å². The first kappa shape index (κ1) is 13.2. The maximum atomic E-state index is 13.4. The van der Waals surface area contributed by atoms with Gasteiger partial charge < -0.3 is 5.32 Å². The number of H-pyrrole nitrogens is 1. The lowest BCUT2D eigenvalue weighted by atomic mass is 9.85. The summed E-state index contributed by atoms with van der Waals surface area (Å²) in [7, 11) is 0. The molecule has 0 bridgehead atoms. The van der Waals surface area contributed by atoms with E-state index in [9.17, 15) is 4.39 Å². The Morgan fingerprint density at radius 2 is 2.09 bits per heavy atom. The highest BCUT2D eigenvalue weighted by atomic mass is 19.1. The van der Waals surface area contributed by atoms with E-state index in [4.69, 9.17) is 0 Å². The number of hydrogen-bond donors (Lipinski definition) is 2. The minimum Gasteiger partial charge on any atom is -0.323 e. The normalized spacial score (nSPS) is 15.0. The van der Waals surface area contributed by atoms with Crippen LogP contribution in [-0.2, 0) is 0 Å². The zero-order valence-corrected chi connectivity index (χ0v) is 12.2. The van der Waals surface area contributed by atoms with Gasteiger partial charge in [0.1, 0.15) is 17.5 Å². The molecule has 3 aromatic rings. The number of aromatic nitrogens is 4. The molecule has 2 aromatic heterocycles. The number of benzene rings is 1. The number of fused-ring (bicyclic) bond motifs is 1. The van der Waals surface area contributed by atoms with E-state index in [1.54, 1.807) is 6.07 Å². The lowest BCUT2D eigenvalue weighted by Crippen LogP contribution is -2.14. The zero-order valence-electron chi connectivity index (χ0n) is 12.2. The van der Waals surface area contributed by atoms with Crippen LogP contribution in [0.5, 0.6) is 0 Å². The molecule has 1 aromatic carbocycles. The summed E-state index contributed by atoms with van der Waals surface area (Å²) in [4.78, 5) is 9.11. The molecular weight excluding hydrogens is 281 g/mol. The summed E-state index contributed by atoms with van der Waals surface area (Å²) in [5, 5.41) is 11.0. The van der Waals surface area contributed by atoms with Crippen LogP contribution in [0, 0.1) is 12.7 Å². The molecule has 0 aliphatic heterocycles. The number of nitrogens with one attached hydrogen (secondary N) is 2. The van der Waals surface area contributed by atoms with Gasteiger partial charge in [0.25, 0.3) is 0 Å². The molecular formula is C16H16FN5. The summed E-state index contributed by atoms with van der Waals surface area (Å²) in [6, 6.07) is 6.42. The monoisotopic (exact) mass is 297 g/mol. The van der Waals surface area contributed by atoms with Gasteiger partial charge in [-0.05, 0) is 38.0 Å². The van der Waals surface area contributed by atoms with Crippen molar-refractivity contribution in [2.45, 2.75) is 32.1 Å². The van der Waals surface area contributed by atoms with E-state index < -0.39 is 0 Å². The van der Waals surface area contributed by atoms with Crippen LogP contribution < -0.4 is 5.32 Å². The van der Waals surface area contributed by atoms with Crippen molar-refractivity contribution in [1.29, 1.82) is 0 Å². The van der Waals surface area contributed by atoms with Gasteiger partial charge in [0.15, 0.2) is 5.82 Å². The number of halogens is 1. The Morgan fingerprint density at radius 3 is 2.86 bits per heavy atom. The Hall–Kier alpha value is -2.50. The first-order valence-corrected chi connectivity index (χ1v) is 7.45. The standard InChI is InChI=1S/C16H16FN5/c1-9-7-14(19-15(18-9)10-3-2-4-10)20-16-12-8-11(17)5-6-13(12)21-22-16/h5-8,10H,2-4H2,1H3,(H2,18,19,20,21,22). The fraction of sp³-hybridized carbons (Fsp3) is 0.312. The van der Waals surface area contributed by atoms with Crippen molar-refractivity contribution in [3.8, 4) is 0 Å². The van der Waals surface area contributed by atoms with E-state index >= 15 is 0 Å². The Kier molecular flexibility index (Phi) is 3.03. The highest BCUT2D eigenvalue weighted by molar-refractivity contribution is 5.91. The molecule has 5 nitrogen and oxygen atoms in total. The molecule has 0 radical (unpaired) electrons. The Morgan fingerprint density at radius 1 is 1.23 bits per heavy atom. The minimum atomic E-state index is -0.286. The molecule has 0 amide bonds. The topological polar surface area (TPSA) is 66.5 Å². The Balaban J connectivity index is 1.69. The van der Waals surface area contributed by atoms with E-state index in [-0.39, 0.29) is 5.82 Å². The van der Waals surface area contributed by atoms with Crippen molar-refractivity contribution in [1.82, 2.24) is 20.2 Å². The maximum Gasteiger partial charge on any atom is 0.161 e. The molecule has 6 heteroatoms. The minimum absolute atomic E-state index is 0.286. The SMILES string of the molecule is Cc1cc(Nc2n[nH]c3ccc(F)cc23)nc(C2CCC2)n1. The van der Waals surface area contributed by atoms with Crippen LogP contribution in [0.1, 0.15) is 36.7 Å². The average Bonchev–Trinajstić information content (AvgIpc) is 2.79. The van der Waals surface area contributed by atoms with Crippen molar-refractivity contribution in [3.05, 3.63) is 41.6 Å². The van der Waals surface area contributed by atoms with E-state index in [1.165, 1.54) is 18.6 Å². The zero-order chi connectivity index (χ0) is 15.1. The van der Waals surface area contributed by atoms with Gasteiger partial charge in [-0.3, -0.25) is 5.10 Å². The largest absolute Gasteiger partial charge is 0.323 e. The number of hydrogen-bond acceptors (Lipinski definition) is 4. The quantitative estimate of drug-likeness (QED) is 0.771. The first-order valence-electron chi connectivity index (χ1n) is 7.45. The molecule has 0 saturated heterocycles. The molecule has 0 unspecified atom stereocenters. The molecule has 1 aliphatic carbocycles. The van der Waals surface area contributed by atoms with Gasteiger partial charge in [-0.2, -0.15) is 5.10 Å². The first-order chi connectivity index (χ1) is 10.7. The number of aromatic amines is 1. The highest BCUT2D eigenvalue weighted by Gasteiger charge is 2.23. The Labute approximate surface area is 127 Å². The summed E-state index contributed by atoms with van der Waals surface area (Å²) in [6.45, 7) is 1.96. The van der Waals surface area contributed by atoms with Crippen molar-refractivity contribution in [2.24, 2.45) is 0 Å². The molecule has 1 saturated carbocycles. The van der Waals surface area contributed by atoms with Gasteiger partial charge in [0.05, 0.1) is 5.52 Å². The van der Waals surface area contributed by atoms with Crippen molar-refractivity contribution in [3.63, 3.8) is 0 Å². The lowest BCUT2D eigenvalue weighted by molar-refractivity contribution is 0.401. The van der Waals surface area contributed by atoms with Gasteiger partial charge in [-0.1, -0.05) is 6.42 Å². The van der Waals surface area contributed by atoms with Gasteiger partial charge in [-0.25, -0.2) is 14.4 Å². The van der Waals surface area contributed by atoms with Crippen LogP contribution in [0.4, 0.5) is 16.0 Å². The third-order valence-corrected chi connectivity index (χ3v) is 4.11. The van der Waals surface area contributed by atoms with Gasteiger partial charge in [0.2, 0.25) is 0 Å². The Bertz CT molecular complexity index is 838. The van der Waals surface area contributed by atoms with Gasteiger partial charge >= 0.3 is 0 Å². The second kappa shape index (κ2) is 5.05. The third-order valence-electron chi connectivity index (χ3n) is 4.11. The molecule has 0 spiro atoms. The van der Waals surface area contributed by atoms with Crippen molar-refractivity contribution in [2.75, 3.05) is 5.32 Å². The van der Waals surface area contributed by atoms with E-state index in [2.05, 4.69) is 25.5 Å². The number of anilines is 2. The van der Waals surface area contributed by atoms with Crippen LogP contribution in [-0.4, -0.2) is 20.2 Å². The molecule has 112 valence electrons.